The van der Waals surface area contributed by atoms with E-state index in [9.17, 15) is 17.2 Å². The van der Waals surface area contributed by atoms with Crippen molar-refractivity contribution in [2.24, 2.45) is 0 Å². The third-order valence-corrected chi connectivity index (χ3v) is 6.60. The molecule has 0 aromatic heterocycles. The van der Waals surface area contributed by atoms with E-state index >= 15 is 0 Å². The zero-order valence-electron chi connectivity index (χ0n) is 18.9. The van der Waals surface area contributed by atoms with Crippen molar-refractivity contribution >= 4 is 38.5 Å². The van der Waals surface area contributed by atoms with Crippen LogP contribution in [0.15, 0.2) is 12.1 Å². The Morgan fingerprint density at radius 3 is 1.97 bits per heavy atom. The van der Waals surface area contributed by atoms with Gasteiger partial charge in [0.2, 0.25) is 0 Å². The molecular weight excluding hydrogens is 528 g/mol. The molecule has 1 rings (SSSR count). The van der Waals surface area contributed by atoms with Gasteiger partial charge in [-0.25, -0.2) is 0 Å². The van der Waals surface area contributed by atoms with Gasteiger partial charge in [0.05, 0.1) is 0 Å². The van der Waals surface area contributed by atoms with Crippen molar-refractivity contribution in [3.8, 4) is 11.5 Å². The molecule has 0 aliphatic heterocycles. The van der Waals surface area contributed by atoms with Gasteiger partial charge >= 0.3 is 189 Å². The molecule has 0 saturated heterocycles. The predicted molar refractivity (Wildman–Crippen MR) is 119 cm³/mol. The van der Waals surface area contributed by atoms with Crippen LogP contribution in [0.4, 0.5) is 12.4 Å². The minimum absolute atomic E-state index is 0.234. The number of imide groups is 1. The van der Waals surface area contributed by atoms with E-state index in [1.54, 1.807) is 20.8 Å². The molecule has 0 aliphatic rings. The average molecular weight is 557 g/mol. The molecule has 2 amide bonds. The standard InChI is InChI=1S/C20H29FINO8/c1-20(2,3)31-19(26)23(18(25)30-8)14(17(24)29-7)9-12-10-15(27-5)16(28-6)11-13(12)22(4)21/h10-11,14H,9H2,1-8H3/t14-/m0/s1. The van der Waals surface area contributed by atoms with Crippen LogP contribution < -0.4 is 9.47 Å². The second-order valence-corrected chi connectivity index (χ2v) is 10.7. The molecule has 9 nitrogen and oxygen atoms in total. The van der Waals surface area contributed by atoms with Gasteiger partial charge in [-0.15, -0.1) is 0 Å². The number of hydrogen-bond donors (Lipinski definition) is 0. The summed E-state index contributed by atoms with van der Waals surface area (Å²) in [4.78, 5) is 39.7. The first-order valence-corrected chi connectivity index (χ1v) is 13.1. The van der Waals surface area contributed by atoms with Gasteiger partial charge in [0, 0.05) is 0 Å². The number of hydrogen-bond acceptors (Lipinski definition) is 8. The van der Waals surface area contributed by atoms with E-state index in [0.717, 1.165) is 14.2 Å². The summed E-state index contributed by atoms with van der Waals surface area (Å²) in [5.74, 6) is -0.258. The van der Waals surface area contributed by atoms with Crippen LogP contribution in [0.1, 0.15) is 26.3 Å². The van der Waals surface area contributed by atoms with E-state index in [1.807, 2.05) is 0 Å². The third kappa shape index (κ3) is 7.11. The number of nitrogens with zero attached hydrogens (tertiary/aromatic N) is 1. The Morgan fingerprint density at radius 2 is 1.55 bits per heavy atom. The van der Waals surface area contributed by atoms with Crippen molar-refractivity contribution in [1.29, 1.82) is 0 Å². The molecule has 0 N–H and O–H groups in total. The molecule has 0 spiro atoms. The molecule has 1 aromatic carbocycles. The van der Waals surface area contributed by atoms with Crippen molar-refractivity contribution < 1.29 is 40.9 Å². The van der Waals surface area contributed by atoms with Gasteiger partial charge in [0.15, 0.2) is 0 Å². The van der Waals surface area contributed by atoms with Crippen LogP contribution in [-0.4, -0.2) is 68.1 Å². The fraction of sp³-hybridized carbons (Fsp3) is 0.550. The molecule has 0 fully saturated rings. The van der Waals surface area contributed by atoms with Gasteiger partial charge in [-0.3, -0.25) is 0 Å². The van der Waals surface area contributed by atoms with Crippen LogP contribution >= 0.6 is 20.4 Å². The van der Waals surface area contributed by atoms with E-state index in [4.69, 9.17) is 18.9 Å². The summed E-state index contributed by atoms with van der Waals surface area (Å²) in [5, 5.41) is 0. The Bertz CT molecular complexity index is 809. The maximum absolute atomic E-state index is 14.5. The number of amides is 2. The van der Waals surface area contributed by atoms with Crippen molar-refractivity contribution in [3.05, 3.63) is 21.3 Å². The SMILES string of the molecule is COC(=O)[C@H](Cc1cc(OC)c(OC)cc1I(C)F)N(C(=O)OC)C(=O)OC(C)(C)C. The topological polar surface area (TPSA) is 101 Å². The molecule has 0 unspecified atom stereocenters. The minimum atomic E-state index is -3.09. The molecule has 0 aliphatic carbocycles. The number of ether oxygens (including phenoxy) is 5. The van der Waals surface area contributed by atoms with Gasteiger partial charge in [-0.1, -0.05) is 0 Å². The summed E-state index contributed by atoms with van der Waals surface area (Å²) < 4.78 is 40.2. The number of rotatable bonds is 7. The third-order valence-electron chi connectivity index (χ3n) is 3.99. The summed E-state index contributed by atoms with van der Waals surface area (Å²) >= 11 is -3.09. The van der Waals surface area contributed by atoms with E-state index in [-0.39, 0.29) is 6.42 Å². The van der Waals surface area contributed by atoms with E-state index in [0.29, 0.717) is 25.5 Å². The quantitative estimate of drug-likeness (QED) is 0.215. The Kier molecular flexibility index (Phi) is 9.78. The summed E-state index contributed by atoms with van der Waals surface area (Å²) in [7, 11) is 5.02. The van der Waals surface area contributed by atoms with Crippen LogP contribution in [-0.2, 0) is 25.4 Å². The molecule has 31 heavy (non-hydrogen) atoms. The fourth-order valence-electron chi connectivity index (χ4n) is 2.66. The van der Waals surface area contributed by atoms with Gasteiger partial charge in [0.1, 0.15) is 0 Å². The number of benzene rings is 1. The van der Waals surface area contributed by atoms with Crippen LogP contribution in [0.2, 0.25) is 0 Å². The predicted octanol–water partition coefficient (Wildman–Crippen LogP) is 3.98. The second-order valence-electron chi connectivity index (χ2n) is 7.27. The first kappa shape index (κ1) is 26.7. The Balaban J connectivity index is 3.56. The second kappa shape index (κ2) is 11.3. The monoisotopic (exact) mass is 557 g/mol. The normalized spacial score (nSPS) is 12.4. The van der Waals surface area contributed by atoms with Gasteiger partial charge in [0.25, 0.3) is 0 Å². The number of carbonyl (C=O) groups is 3. The van der Waals surface area contributed by atoms with Crippen LogP contribution in [0.25, 0.3) is 0 Å². The molecule has 0 saturated carbocycles. The van der Waals surface area contributed by atoms with Gasteiger partial charge in [-0.05, 0) is 0 Å². The average Bonchev–Trinajstić information content (AvgIpc) is 2.70. The fourth-order valence-corrected chi connectivity index (χ4v) is 4.70. The summed E-state index contributed by atoms with van der Waals surface area (Å²) in [6, 6.07) is 1.56. The van der Waals surface area contributed by atoms with E-state index < -0.39 is 50.2 Å². The van der Waals surface area contributed by atoms with Gasteiger partial charge in [-0.2, -0.15) is 0 Å². The van der Waals surface area contributed by atoms with Crippen molar-refractivity contribution in [1.82, 2.24) is 4.90 Å². The Hall–Kier alpha value is -2.31. The van der Waals surface area contributed by atoms with Crippen LogP contribution in [0.3, 0.4) is 0 Å². The van der Waals surface area contributed by atoms with Crippen LogP contribution in [0.5, 0.6) is 11.5 Å². The molecule has 0 radical (unpaired) electrons. The molecule has 0 bridgehead atoms. The number of methoxy groups -OCH3 is 4. The summed E-state index contributed by atoms with van der Waals surface area (Å²) in [5.41, 5.74) is -0.569. The van der Waals surface area contributed by atoms with Gasteiger partial charge < -0.3 is 0 Å². The number of halogens is 2. The molecular formula is C20H29FINO8. The maximum atomic E-state index is 14.5. The number of alkyl halides is 1. The number of carbonyl (C=O) groups excluding carboxylic acids is 3. The Labute approximate surface area is 189 Å². The zero-order chi connectivity index (χ0) is 23.9. The molecule has 176 valence electrons. The molecule has 1 atom stereocenters. The summed E-state index contributed by atoms with van der Waals surface area (Å²) in [6.45, 7) is 4.82. The van der Waals surface area contributed by atoms with E-state index in [2.05, 4.69) is 4.74 Å². The molecule has 11 heteroatoms. The summed E-state index contributed by atoms with van der Waals surface area (Å²) in [6.07, 6.45) is -2.44. The first-order chi connectivity index (χ1) is 14.4. The molecule has 1 aromatic rings. The number of esters is 1. The first-order valence-electron chi connectivity index (χ1n) is 9.09. The van der Waals surface area contributed by atoms with Crippen LogP contribution in [0, 0.1) is 3.57 Å². The van der Waals surface area contributed by atoms with Crippen molar-refractivity contribution in [3.63, 3.8) is 0 Å². The molecule has 0 heterocycles. The van der Waals surface area contributed by atoms with Crippen molar-refractivity contribution in [2.45, 2.75) is 38.8 Å². The van der Waals surface area contributed by atoms with Crippen molar-refractivity contribution in [2.75, 3.05) is 33.4 Å². The van der Waals surface area contributed by atoms with E-state index in [1.165, 1.54) is 31.3 Å². The Morgan fingerprint density at radius 1 is 1.00 bits per heavy atom. The zero-order valence-corrected chi connectivity index (χ0v) is 21.1.